The first kappa shape index (κ1) is 10.3. The van der Waals surface area contributed by atoms with Gasteiger partial charge in [0.25, 0.3) is 0 Å². The van der Waals surface area contributed by atoms with E-state index in [4.69, 9.17) is 0 Å². The molecule has 0 aliphatic rings. The van der Waals surface area contributed by atoms with Gasteiger partial charge in [0.05, 0.1) is 0 Å². The van der Waals surface area contributed by atoms with Crippen molar-refractivity contribution in [3.63, 3.8) is 0 Å². The predicted octanol–water partition coefficient (Wildman–Crippen LogP) is 3.56. The van der Waals surface area contributed by atoms with Gasteiger partial charge in [0, 0.05) is 5.25 Å². The van der Waals surface area contributed by atoms with Crippen molar-refractivity contribution in [1.29, 1.82) is 0 Å². The van der Waals surface area contributed by atoms with E-state index in [0.717, 1.165) is 11.2 Å². The molecule has 0 saturated heterocycles. The van der Waals surface area contributed by atoms with Crippen LogP contribution in [-0.4, -0.2) is 11.0 Å². The van der Waals surface area contributed by atoms with Crippen LogP contribution < -0.4 is 0 Å². The van der Waals surface area contributed by atoms with Crippen molar-refractivity contribution in [3.8, 4) is 0 Å². The van der Waals surface area contributed by atoms with Crippen LogP contribution in [0.15, 0.2) is 0 Å². The summed E-state index contributed by atoms with van der Waals surface area (Å²) in [6, 6.07) is 0. The second-order valence-electron chi connectivity index (χ2n) is 2.96. The minimum atomic E-state index is 0.852. The van der Waals surface area contributed by atoms with Crippen molar-refractivity contribution in [2.75, 3.05) is 5.75 Å². The lowest BCUT2D eigenvalue weighted by atomic mass is 10.1. The standard InChI is InChI=1S/C9H20S/c1-5-7-10-9(4)8(3)6-2/h8-9H,5-7H2,1-4H3. The van der Waals surface area contributed by atoms with Gasteiger partial charge in [0.1, 0.15) is 0 Å². The maximum Gasteiger partial charge on any atom is 0.00442 e. The van der Waals surface area contributed by atoms with Crippen LogP contribution in [0.4, 0.5) is 0 Å². The lowest BCUT2D eigenvalue weighted by molar-refractivity contribution is 0.557. The van der Waals surface area contributed by atoms with Gasteiger partial charge in [0.15, 0.2) is 0 Å². The highest BCUT2D eigenvalue weighted by Gasteiger charge is 2.08. The van der Waals surface area contributed by atoms with Crippen LogP contribution in [0, 0.1) is 5.92 Å². The molecule has 0 amide bonds. The molecule has 0 N–H and O–H groups in total. The minimum Gasteiger partial charge on any atom is -0.159 e. The van der Waals surface area contributed by atoms with Crippen LogP contribution in [0.5, 0.6) is 0 Å². The van der Waals surface area contributed by atoms with Crippen molar-refractivity contribution in [3.05, 3.63) is 0 Å². The molecule has 0 nitrogen and oxygen atoms in total. The summed E-state index contributed by atoms with van der Waals surface area (Å²) in [5, 5.41) is 0.852. The molecule has 0 aromatic carbocycles. The molecule has 0 bridgehead atoms. The quantitative estimate of drug-likeness (QED) is 0.592. The lowest BCUT2D eigenvalue weighted by Crippen LogP contribution is -2.09. The maximum absolute atomic E-state index is 2.34. The number of hydrogen-bond acceptors (Lipinski definition) is 1. The van der Waals surface area contributed by atoms with E-state index in [1.54, 1.807) is 0 Å². The molecule has 1 heteroatoms. The fourth-order valence-electron chi connectivity index (χ4n) is 0.800. The van der Waals surface area contributed by atoms with E-state index in [2.05, 4.69) is 39.5 Å². The predicted molar refractivity (Wildman–Crippen MR) is 51.7 cm³/mol. The SMILES string of the molecule is CCCSC(C)C(C)CC. The van der Waals surface area contributed by atoms with E-state index in [9.17, 15) is 0 Å². The largest absolute Gasteiger partial charge is 0.159 e. The number of rotatable bonds is 5. The second-order valence-corrected chi connectivity index (χ2v) is 4.45. The first-order valence-corrected chi connectivity index (χ1v) is 5.38. The van der Waals surface area contributed by atoms with E-state index in [-0.39, 0.29) is 0 Å². The summed E-state index contributed by atoms with van der Waals surface area (Å²) in [6.07, 6.45) is 2.63. The van der Waals surface area contributed by atoms with Gasteiger partial charge in [-0.3, -0.25) is 0 Å². The molecule has 0 aliphatic heterocycles. The summed E-state index contributed by atoms with van der Waals surface area (Å²) in [5.41, 5.74) is 0. The third-order valence-electron chi connectivity index (χ3n) is 2.03. The summed E-state index contributed by atoms with van der Waals surface area (Å²) < 4.78 is 0. The molecule has 0 aliphatic carbocycles. The van der Waals surface area contributed by atoms with Crippen LogP contribution in [0.2, 0.25) is 0 Å². The molecule has 0 rings (SSSR count). The van der Waals surface area contributed by atoms with Crippen LogP contribution in [0.1, 0.15) is 40.5 Å². The van der Waals surface area contributed by atoms with E-state index in [0.29, 0.717) is 0 Å². The zero-order chi connectivity index (χ0) is 7.98. The summed E-state index contributed by atoms with van der Waals surface area (Å²) in [6.45, 7) is 9.20. The highest BCUT2D eigenvalue weighted by atomic mass is 32.2. The van der Waals surface area contributed by atoms with Crippen LogP contribution >= 0.6 is 11.8 Å². The van der Waals surface area contributed by atoms with E-state index < -0.39 is 0 Å². The fourth-order valence-corrected chi connectivity index (χ4v) is 1.93. The topological polar surface area (TPSA) is 0 Å². The molecule has 0 aromatic heterocycles. The molecule has 0 saturated carbocycles. The summed E-state index contributed by atoms with van der Waals surface area (Å²) in [4.78, 5) is 0. The molecule has 0 radical (unpaired) electrons. The second kappa shape index (κ2) is 6.09. The normalized spacial score (nSPS) is 16.8. The summed E-state index contributed by atoms with van der Waals surface area (Å²) >= 11 is 2.11. The molecular weight excluding hydrogens is 140 g/mol. The zero-order valence-electron chi connectivity index (χ0n) is 7.68. The van der Waals surface area contributed by atoms with Gasteiger partial charge in [-0.15, -0.1) is 0 Å². The minimum absolute atomic E-state index is 0.852. The van der Waals surface area contributed by atoms with Crippen molar-refractivity contribution >= 4 is 11.8 Å². The Morgan fingerprint density at radius 1 is 1.20 bits per heavy atom. The number of thioether (sulfide) groups is 1. The van der Waals surface area contributed by atoms with Crippen LogP contribution in [0.25, 0.3) is 0 Å². The molecule has 2 unspecified atom stereocenters. The van der Waals surface area contributed by atoms with Gasteiger partial charge < -0.3 is 0 Å². The molecule has 0 heterocycles. The Bertz CT molecular complexity index is 71.1. The van der Waals surface area contributed by atoms with Gasteiger partial charge in [0.2, 0.25) is 0 Å². The third-order valence-corrected chi connectivity index (χ3v) is 3.66. The first-order valence-electron chi connectivity index (χ1n) is 4.33. The van der Waals surface area contributed by atoms with E-state index in [1.807, 2.05) is 0 Å². The van der Waals surface area contributed by atoms with Crippen molar-refractivity contribution in [1.82, 2.24) is 0 Å². The van der Waals surface area contributed by atoms with Crippen LogP contribution in [0.3, 0.4) is 0 Å². The molecule has 0 fully saturated rings. The summed E-state index contributed by atoms with van der Waals surface area (Å²) in [7, 11) is 0. The van der Waals surface area contributed by atoms with Crippen molar-refractivity contribution in [2.45, 2.75) is 45.8 Å². The Labute approximate surface area is 69.8 Å². The number of hydrogen-bond donors (Lipinski definition) is 0. The Kier molecular flexibility index (Phi) is 6.30. The maximum atomic E-state index is 2.34. The Morgan fingerprint density at radius 3 is 2.20 bits per heavy atom. The average Bonchev–Trinajstić information content (AvgIpc) is 1.98. The zero-order valence-corrected chi connectivity index (χ0v) is 8.50. The summed E-state index contributed by atoms with van der Waals surface area (Å²) in [5.74, 6) is 2.21. The Morgan fingerprint density at radius 2 is 1.80 bits per heavy atom. The van der Waals surface area contributed by atoms with Crippen LogP contribution in [-0.2, 0) is 0 Å². The average molecular weight is 160 g/mol. The third kappa shape index (κ3) is 4.21. The van der Waals surface area contributed by atoms with E-state index in [1.165, 1.54) is 18.6 Å². The van der Waals surface area contributed by atoms with Gasteiger partial charge in [-0.1, -0.05) is 34.1 Å². The van der Waals surface area contributed by atoms with Crippen molar-refractivity contribution in [2.24, 2.45) is 5.92 Å². The molecule has 62 valence electrons. The molecule has 2 atom stereocenters. The van der Waals surface area contributed by atoms with Gasteiger partial charge in [-0.25, -0.2) is 0 Å². The molecular formula is C9H20S. The molecule has 0 aromatic rings. The molecule has 10 heavy (non-hydrogen) atoms. The monoisotopic (exact) mass is 160 g/mol. The van der Waals surface area contributed by atoms with Gasteiger partial charge in [-0.2, -0.15) is 11.8 Å². The lowest BCUT2D eigenvalue weighted by Gasteiger charge is -2.16. The van der Waals surface area contributed by atoms with Gasteiger partial charge in [-0.05, 0) is 18.1 Å². The highest BCUT2D eigenvalue weighted by molar-refractivity contribution is 7.99. The smallest absolute Gasteiger partial charge is 0.00442 e. The Balaban J connectivity index is 3.31. The highest BCUT2D eigenvalue weighted by Crippen LogP contribution is 2.21. The first-order chi connectivity index (χ1) is 4.72. The Hall–Kier alpha value is 0.350. The fraction of sp³-hybridized carbons (Fsp3) is 1.00. The van der Waals surface area contributed by atoms with Crippen molar-refractivity contribution < 1.29 is 0 Å². The van der Waals surface area contributed by atoms with E-state index >= 15 is 0 Å². The van der Waals surface area contributed by atoms with Gasteiger partial charge >= 0.3 is 0 Å². The molecule has 0 spiro atoms.